The van der Waals surface area contributed by atoms with Gasteiger partial charge < -0.3 is 15.2 Å². The average molecular weight is 437 g/mol. The molecule has 0 radical (unpaired) electrons. The largest absolute Gasteiger partial charge is 0.331 e. The summed E-state index contributed by atoms with van der Waals surface area (Å²) in [4.78, 5) is 16.9. The number of benzene rings is 1. The quantitative estimate of drug-likeness (QED) is 0.512. The predicted molar refractivity (Wildman–Crippen MR) is 129 cm³/mol. The molecular formula is C25H32N4OS. The van der Waals surface area contributed by atoms with Crippen LogP contribution in [-0.4, -0.2) is 28.6 Å². The van der Waals surface area contributed by atoms with Crippen molar-refractivity contribution in [2.24, 2.45) is 0 Å². The van der Waals surface area contributed by atoms with Gasteiger partial charge in [0.05, 0.1) is 6.04 Å². The molecule has 1 aliphatic rings. The SMILES string of the molecule is CCC(NC(=O)Nc1cc(C)cc(C)c1)c1c(-n2cccc2)sc2c1CCN(CC)C2. The Labute approximate surface area is 189 Å². The fourth-order valence-corrected chi connectivity index (χ4v) is 5.93. The van der Waals surface area contributed by atoms with Crippen molar-refractivity contribution in [2.45, 2.75) is 53.1 Å². The number of thiophene rings is 1. The van der Waals surface area contributed by atoms with E-state index in [2.05, 4.69) is 64.5 Å². The highest BCUT2D eigenvalue weighted by Gasteiger charge is 2.29. The summed E-state index contributed by atoms with van der Waals surface area (Å²) in [5, 5.41) is 7.53. The predicted octanol–water partition coefficient (Wildman–Crippen LogP) is 5.81. The fourth-order valence-electron chi connectivity index (χ4n) is 4.51. The zero-order valence-corrected chi connectivity index (χ0v) is 19.7. The molecule has 0 aliphatic carbocycles. The number of rotatable bonds is 6. The third-order valence-corrected chi connectivity index (χ3v) is 7.23. The van der Waals surface area contributed by atoms with Gasteiger partial charge in [0, 0.05) is 41.6 Å². The Bertz CT molecular complexity index is 1030. The Hall–Kier alpha value is -2.57. The van der Waals surface area contributed by atoms with Crippen molar-refractivity contribution in [1.29, 1.82) is 0 Å². The second kappa shape index (κ2) is 9.28. The van der Waals surface area contributed by atoms with Crippen LogP contribution >= 0.6 is 11.3 Å². The molecule has 1 atom stereocenters. The lowest BCUT2D eigenvalue weighted by Gasteiger charge is -2.27. The van der Waals surface area contributed by atoms with E-state index in [0.717, 1.165) is 49.3 Å². The van der Waals surface area contributed by atoms with Gasteiger partial charge in [0.25, 0.3) is 0 Å². The third-order valence-electron chi connectivity index (χ3n) is 5.98. The first-order chi connectivity index (χ1) is 15.0. The highest BCUT2D eigenvalue weighted by atomic mass is 32.1. The van der Waals surface area contributed by atoms with Crippen molar-refractivity contribution >= 4 is 23.1 Å². The molecule has 6 heteroatoms. The molecule has 31 heavy (non-hydrogen) atoms. The minimum atomic E-state index is -0.152. The summed E-state index contributed by atoms with van der Waals surface area (Å²) in [7, 11) is 0. The maximum absolute atomic E-state index is 12.9. The topological polar surface area (TPSA) is 49.3 Å². The Morgan fingerprint density at radius 1 is 1.13 bits per heavy atom. The standard InChI is InChI=1S/C25H32N4OS/c1-5-21(27-25(30)26-19-14-17(3)13-18(4)15-19)23-20-9-12-28(6-2)16-22(20)31-24(23)29-10-7-8-11-29/h7-8,10-11,13-15,21H,5-6,9,12,16H2,1-4H3,(H2,26,27,30). The van der Waals surface area contributed by atoms with Crippen molar-refractivity contribution in [2.75, 3.05) is 18.4 Å². The number of carbonyl (C=O) groups is 1. The number of amides is 2. The molecule has 2 aromatic heterocycles. The van der Waals surface area contributed by atoms with E-state index in [-0.39, 0.29) is 12.1 Å². The molecule has 1 aliphatic heterocycles. The molecule has 5 nitrogen and oxygen atoms in total. The van der Waals surface area contributed by atoms with E-state index in [1.807, 2.05) is 37.3 Å². The van der Waals surface area contributed by atoms with Gasteiger partial charge in [-0.1, -0.05) is 19.9 Å². The van der Waals surface area contributed by atoms with E-state index in [4.69, 9.17) is 0 Å². The van der Waals surface area contributed by atoms with Gasteiger partial charge >= 0.3 is 6.03 Å². The monoisotopic (exact) mass is 436 g/mol. The van der Waals surface area contributed by atoms with Gasteiger partial charge in [0.15, 0.2) is 0 Å². The summed E-state index contributed by atoms with van der Waals surface area (Å²) in [6, 6.07) is 10.1. The number of hydrogen-bond acceptors (Lipinski definition) is 3. The lowest BCUT2D eigenvalue weighted by molar-refractivity contribution is 0.248. The van der Waals surface area contributed by atoms with E-state index < -0.39 is 0 Å². The number of aromatic nitrogens is 1. The minimum Gasteiger partial charge on any atom is -0.331 e. The number of carbonyl (C=O) groups excluding carboxylic acids is 1. The van der Waals surface area contributed by atoms with Gasteiger partial charge in [-0.05, 0) is 74.2 Å². The highest BCUT2D eigenvalue weighted by Crippen LogP contribution is 2.40. The van der Waals surface area contributed by atoms with Crippen LogP contribution in [-0.2, 0) is 13.0 Å². The molecule has 0 fully saturated rings. The van der Waals surface area contributed by atoms with Gasteiger partial charge in [-0.25, -0.2) is 4.79 Å². The van der Waals surface area contributed by atoms with Gasteiger partial charge in [0.2, 0.25) is 0 Å². The van der Waals surface area contributed by atoms with E-state index in [9.17, 15) is 4.79 Å². The lowest BCUT2D eigenvalue weighted by atomic mass is 9.96. The third kappa shape index (κ3) is 4.70. The number of urea groups is 1. The number of likely N-dealkylation sites (N-methyl/N-ethyl adjacent to an activating group) is 1. The van der Waals surface area contributed by atoms with Gasteiger partial charge in [-0.15, -0.1) is 11.3 Å². The van der Waals surface area contributed by atoms with Crippen molar-refractivity contribution < 1.29 is 4.79 Å². The van der Waals surface area contributed by atoms with Crippen molar-refractivity contribution in [3.05, 3.63) is 69.9 Å². The molecule has 0 spiro atoms. The van der Waals surface area contributed by atoms with E-state index >= 15 is 0 Å². The molecule has 3 aromatic rings. The zero-order valence-electron chi connectivity index (χ0n) is 18.9. The van der Waals surface area contributed by atoms with Crippen molar-refractivity contribution in [1.82, 2.24) is 14.8 Å². The Balaban J connectivity index is 1.63. The molecule has 4 rings (SSSR count). The van der Waals surface area contributed by atoms with Crippen LogP contribution in [0.3, 0.4) is 0 Å². The van der Waals surface area contributed by atoms with Gasteiger partial charge in [0.1, 0.15) is 5.00 Å². The van der Waals surface area contributed by atoms with Crippen LogP contribution in [0.5, 0.6) is 0 Å². The van der Waals surface area contributed by atoms with Crippen LogP contribution in [0.25, 0.3) is 5.00 Å². The van der Waals surface area contributed by atoms with Crippen molar-refractivity contribution in [3.8, 4) is 5.00 Å². The normalized spacial score (nSPS) is 14.8. The number of anilines is 1. The molecule has 2 N–H and O–H groups in total. The summed E-state index contributed by atoms with van der Waals surface area (Å²) < 4.78 is 2.20. The highest BCUT2D eigenvalue weighted by molar-refractivity contribution is 7.15. The second-order valence-electron chi connectivity index (χ2n) is 8.37. The molecule has 164 valence electrons. The fraction of sp³-hybridized carbons (Fsp3) is 0.400. The van der Waals surface area contributed by atoms with Crippen LogP contribution in [0.4, 0.5) is 10.5 Å². The van der Waals surface area contributed by atoms with Crippen LogP contribution in [0.2, 0.25) is 0 Å². The first kappa shape index (κ1) is 21.7. The maximum atomic E-state index is 12.9. The summed E-state index contributed by atoms with van der Waals surface area (Å²) in [6.07, 6.45) is 6.07. The summed E-state index contributed by atoms with van der Waals surface area (Å²) >= 11 is 1.87. The Morgan fingerprint density at radius 3 is 2.48 bits per heavy atom. The second-order valence-corrected chi connectivity index (χ2v) is 9.45. The number of nitrogens with one attached hydrogen (secondary N) is 2. The number of aryl methyl sites for hydroxylation is 2. The van der Waals surface area contributed by atoms with Crippen LogP contribution < -0.4 is 10.6 Å². The van der Waals surface area contributed by atoms with E-state index in [1.165, 1.54) is 21.0 Å². The van der Waals surface area contributed by atoms with Crippen molar-refractivity contribution in [3.63, 3.8) is 0 Å². The number of nitrogens with zero attached hydrogens (tertiary/aromatic N) is 2. The maximum Gasteiger partial charge on any atom is 0.319 e. The molecule has 2 amide bonds. The smallest absolute Gasteiger partial charge is 0.319 e. The first-order valence-corrected chi connectivity index (χ1v) is 12.0. The molecule has 0 bridgehead atoms. The van der Waals surface area contributed by atoms with Gasteiger partial charge in [-0.3, -0.25) is 4.90 Å². The lowest BCUT2D eigenvalue weighted by Crippen LogP contribution is -2.34. The summed E-state index contributed by atoms with van der Waals surface area (Å²) in [5.74, 6) is 0. The first-order valence-electron chi connectivity index (χ1n) is 11.1. The Kier molecular flexibility index (Phi) is 6.49. The van der Waals surface area contributed by atoms with Gasteiger partial charge in [-0.2, -0.15) is 0 Å². The average Bonchev–Trinajstić information content (AvgIpc) is 3.38. The molecule has 0 saturated heterocycles. The minimum absolute atomic E-state index is 0.0310. The zero-order chi connectivity index (χ0) is 22.0. The summed E-state index contributed by atoms with van der Waals surface area (Å²) in [6.45, 7) is 11.6. The summed E-state index contributed by atoms with van der Waals surface area (Å²) in [5.41, 5.74) is 5.83. The van der Waals surface area contributed by atoms with Crippen LogP contribution in [0.15, 0.2) is 42.7 Å². The molecule has 0 saturated carbocycles. The number of fused-ring (bicyclic) bond motifs is 1. The van der Waals surface area contributed by atoms with Crippen LogP contribution in [0, 0.1) is 13.8 Å². The van der Waals surface area contributed by atoms with E-state index in [0.29, 0.717) is 0 Å². The van der Waals surface area contributed by atoms with E-state index in [1.54, 1.807) is 0 Å². The molecular weight excluding hydrogens is 404 g/mol. The number of hydrogen-bond donors (Lipinski definition) is 2. The molecule has 3 heterocycles. The van der Waals surface area contributed by atoms with Crippen LogP contribution in [0.1, 0.15) is 53.4 Å². The molecule has 1 aromatic carbocycles. The Morgan fingerprint density at radius 2 is 1.84 bits per heavy atom. The molecule has 1 unspecified atom stereocenters.